The summed E-state index contributed by atoms with van der Waals surface area (Å²) in [5, 5.41) is 6.33. The maximum atomic E-state index is 12.1. The highest BCUT2D eigenvalue weighted by molar-refractivity contribution is 14.0. The normalized spacial score (nSPS) is 16.4. The minimum atomic E-state index is -0.500. The molecule has 1 saturated heterocycles. The van der Waals surface area contributed by atoms with Crippen molar-refractivity contribution in [2.24, 2.45) is 4.99 Å². The Labute approximate surface area is 207 Å². The molecule has 2 heterocycles. The molecule has 176 valence electrons. The number of amides is 1. The molecule has 9 heteroatoms. The minimum absolute atomic E-state index is 0. The molecule has 0 spiro atoms. The molecule has 32 heavy (non-hydrogen) atoms. The topological polar surface area (TPSA) is 83.8 Å². The van der Waals surface area contributed by atoms with E-state index >= 15 is 0 Å². The number of halogens is 1. The molecule has 1 aliphatic heterocycles. The van der Waals surface area contributed by atoms with E-state index in [0.29, 0.717) is 13.1 Å². The van der Waals surface area contributed by atoms with Crippen molar-refractivity contribution < 1.29 is 9.53 Å². The molecule has 1 aliphatic rings. The Hall–Kier alpha value is -2.30. The lowest BCUT2D eigenvalue weighted by Crippen LogP contribution is -2.44. The second-order valence-corrected chi connectivity index (χ2v) is 8.70. The van der Waals surface area contributed by atoms with Crippen LogP contribution >= 0.6 is 24.0 Å². The number of imidazole rings is 1. The van der Waals surface area contributed by atoms with Gasteiger partial charge in [-0.05, 0) is 39.7 Å². The third-order valence-corrected chi connectivity index (χ3v) is 4.91. The monoisotopic (exact) mass is 554 g/mol. The molecule has 8 nitrogen and oxygen atoms in total. The van der Waals surface area contributed by atoms with Crippen molar-refractivity contribution in [3.05, 3.63) is 54.1 Å². The molecule has 1 amide bonds. The van der Waals surface area contributed by atoms with Crippen molar-refractivity contribution in [1.82, 2.24) is 25.1 Å². The van der Waals surface area contributed by atoms with Gasteiger partial charge in [-0.1, -0.05) is 30.3 Å². The first-order valence-electron chi connectivity index (χ1n) is 10.9. The van der Waals surface area contributed by atoms with Crippen LogP contribution in [0.2, 0.25) is 0 Å². The predicted octanol–water partition coefficient (Wildman–Crippen LogP) is 3.61. The highest BCUT2D eigenvalue weighted by Crippen LogP contribution is 2.13. The molecule has 0 bridgehead atoms. The predicted molar refractivity (Wildman–Crippen MR) is 137 cm³/mol. The van der Waals surface area contributed by atoms with Crippen molar-refractivity contribution in [3.63, 3.8) is 0 Å². The number of hydrogen-bond donors (Lipinski definition) is 2. The molecule has 1 atom stereocenters. The van der Waals surface area contributed by atoms with Gasteiger partial charge in [0.05, 0.1) is 6.04 Å². The van der Waals surface area contributed by atoms with E-state index in [4.69, 9.17) is 9.73 Å². The maximum Gasteiger partial charge on any atom is 0.407 e. The smallest absolute Gasteiger partial charge is 0.407 e. The third-order valence-electron chi connectivity index (χ3n) is 4.91. The summed E-state index contributed by atoms with van der Waals surface area (Å²) < 4.78 is 7.50. The lowest BCUT2D eigenvalue weighted by atomic mass is 10.2. The van der Waals surface area contributed by atoms with Gasteiger partial charge in [0.15, 0.2) is 5.96 Å². The first-order valence-corrected chi connectivity index (χ1v) is 10.9. The number of ether oxygens (including phenoxy) is 1. The largest absolute Gasteiger partial charge is 0.444 e. The van der Waals surface area contributed by atoms with Gasteiger partial charge in [-0.3, -0.25) is 0 Å². The van der Waals surface area contributed by atoms with E-state index in [1.165, 1.54) is 5.56 Å². The van der Waals surface area contributed by atoms with Crippen LogP contribution in [0.3, 0.4) is 0 Å². The lowest BCUT2D eigenvalue weighted by molar-refractivity contribution is 0.0507. The van der Waals surface area contributed by atoms with Gasteiger partial charge in [-0.25, -0.2) is 14.8 Å². The van der Waals surface area contributed by atoms with Crippen LogP contribution in [-0.4, -0.2) is 57.8 Å². The van der Waals surface area contributed by atoms with Gasteiger partial charge < -0.3 is 24.8 Å². The molecule has 3 rings (SSSR count). The van der Waals surface area contributed by atoms with Crippen molar-refractivity contribution in [3.8, 4) is 0 Å². The number of alkyl carbamates (subject to hydrolysis) is 1. The first-order chi connectivity index (χ1) is 14.8. The number of nitrogens with one attached hydrogen (secondary N) is 2. The fourth-order valence-electron chi connectivity index (χ4n) is 3.53. The summed E-state index contributed by atoms with van der Waals surface area (Å²) in [6.07, 6.45) is 4.29. The highest BCUT2D eigenvalue weighted by Gasteiger charge is 2.27. The number of likely N-dealkylation sites (tertiary alicyclic amines) is 1. The summed E-state index contributed by atoms with van der Waals surface area (Å²) in [7, 11) is 0. The standard InChI is InChI=1S/C23H34N6O2.HI/c1-5-24-21(29-13-11-19(17-29)27-22(30)31-23(2,3)4)26-15-20-25-12-14-28(20)16-18-9-7-6-8-10-18;/h6-10,12,14,19H,5,11,13,15-17H2,1-4H3,(H,24,26)(H,27,30);1H. The van der Waals surface area contributed by atoms with E-state index in [9.17, 15) is 4.79 Å². The van der Waals surface area contributed by atoms with Crippen molar-refractivity contribution in [2.45, 2.75) is 58.8 Å². The first kappa shape index (κ1) is 26.0. The summed E-state index contributed by atoms with van der Waals surface area (Å²) in [6, 6.07) is 10.4. The summed E-state index contributed by atoms with van der Waals surface area (Å²) in [6.45, 7) is 11.2. The molecule has 0 aliphatic carbocycles. The number of nitrogens with zero attached hydrogens (tertiary/aromatic N) is 4. The van der Waals surface area contributed by atoms with Gasteiger partial charge in [0.25, 0.3) is 0 Å². The van der Waals surface area contributed by atoms with E-state index in [-0.39, 0.29) is 36.1 Å². The summed E-state index contributed by atoms with van der Waals surface area (Å²) in [5.74, 6) is 1.76. The van der Waals surface area contributed by atoms with Crippen LogP contribution in [0.15, 0.2) is 47.7 Å². The van der Waals surface area contributed by atoms with Gasteiger partial charge in [0.1, 0.15) is 18.0 Å². The Balaban J connectivity index is 0.00000363. The van der Waals surface area contributed by atoms with E-state index < -0.39 is 5.60 Å². The highest BCUT2D eigenvalue weighted by atomic mass is 127. The van der Waals surface area contributed by atoms with Crippen LogP contribution in [0.5, 0.6) is 0 Å². The van der Waals surface area contributed by atoms with Gasteiger partial charge in [-0.2, -0.15) is 0 Å². The van der Waals surface area contributed by atoms with Gasteiger partial charge in [0.2, 0.25) is 0 Å². The average molecular weight is 554 g/mol. The van der Waals surface area contributed by atoms with Crippen LogP contribution in [0.25, 0.3) is 0 Å². The number of guanidine groups is 1. The van der Waals surface area contributed by atoms with E-state index in [2.05, 4.69) is 44.1 Å². The third kappa shape index (κ3) is 7.99. The Morgan fingerprint density at radius 2 is 2.03 bits per heavy atom. The summed E-state index contributed by atoms with van der Waals surface area (Å²) >= 11 is 0. The molecule has 0 saturated carbocycles. The number of aliphatic imine (C=N–C) groups is 1. The van der Waals surface area contributed by atoms with Gasteiger partial charge in [0, 0.05) is 38.6 Å². The Morgan fingerprint density at radius 3 is 2.72 bits per heavy atom. The van der Waals surface area contributed by atoms with Crippen molar-refractivity contribution in [2.75, 3.05) is 19.6 Å². The molecule has 0 radical (unpaired) electrons. The molecule has 1 unspecified atom stereocenters. The zero-order valence-corrected chi connectivity index (χ0v) is 21.7. The molecule has 1 aromatic heterocycles. The molecular weight excluding hydrogens is 519 g/mol. The number of rotatable bonds is 6. The number of carbonyl (C=O) groups excluding carboxylic acids is 1. The molecule has 1 fully saturated rings. The van der Waals surface area contributed by atoms with Crippen molar-refractivity contribution >= 4 is 36.0 Å². The van der Waals surface area contributed by atoms with Gasteiger partial charge in [-0.15, -0.1) is 24.0 Å². The number of aromatic nitrogens is 2. The second-order valence-electron chi connectivity index (χ2n) is 8.70. The van der Waals surface area contributed by atoms with E-state index in [1.807, 2.05) is 51.4 Å². The fraction of sp³-hybridized carbons (Fsp3) is 0.522. The van der Waals surface area contributed by atoms with Crippen molar-refractivity contribution in [1.29, 1.82) is 0 Å². The minimum Gasteiger partial charge on any atom is -0.444 e. The summed E-state index contributed by atoms with van der Waals surface area (Å²) in [5.41, 5.74) is 0.730. The fourth-order valence-corrected chi connectivity index (χ4v) is 3.53. The zero-order valence-electron chi connectivity index (χ0n) is 19.4. The average Bonchev–Trinajstić information content (AvgIpc) is 3.34. The van der Waals surface area contributed by atoms with Crippen LogP contribution in [0.1, 0.15) is 45.5 Å². The zero-order chi connectivity index (χ0) is 22.3. The second kappa shape index (κ2) is 12.1. The Bertz CT molecular complexity index is 878. The van der Waals surface area contributed by atoms with E-state index in [1.54, 1.807) is 0 Å². The van der Waals surface area contributed by atoms with E-state index in [0.717, 1.165) is 37.8 Å². The van der Waals surface area contributed by atoms with Gasteiger partial charge >= 0.3 is 6.09 Å². The van der Waals surface area contributed by atoms with Crippen LogP contribution in [-0.2, 0) is 17.8 Å². The SMILES string of the molecule is CCNC(=NCc1nccn1Cc1ccccc1)N1CCC(NC(=O)OC(C)(C)C)C1.I. The number of benzene rings is 1. The van der Waals surface area contributed by atoms with Crippen LogP contribution in [0.4, 0.5) is 4.79 Å². The Kier molecular flexibility index (Phi) is 9.80. The molecule has 1 aromatic carbocycles. The molecule has 2 aromatic rings. The molecular formula is C23H35IN6O2. The maximum absolute atomic E-state index is 12.1. The molecule has 2 N–H and O–H groups in total. The van der Waals surface area contributed by atoms with Crippen LogP contribution < -0.4 is 10.6 Å². The quantitative estimate of drug-likeness (QED) is 0.324. The lowest BCUT2D eigenvalue weighted by Gasteiger charge is -2.23. The summed E-state index contributed by atoms with van der Waals surface area (Å²) in [4.78, 5) is 23.6. The van der Waals surface area contributed by atoms with Crippen LogP contribution in [0, 0.1) is 0 Å². The number of hydrogen-bond acceptors (Lipinski definition) is 4. The Morgan fingerprint density at radius 1 is 1.28 bits per heavy atom. The number of carbonyl (C=O) groups is 1.